The summed E-state index contributed by atoms with van der Waals surface area (Å²) in [5.41, 5.74) is 2.07. The van der Waals surface area contributed by atoms with Crippen LogP contribution in [0.15, 0.2) is 36.5 Å². The van der Waals surface area contributed by atoms with Crippen molar-refractivity contribution in [2.45, 2.75) is 32.4 Å². The van der Waals surface area contributed by atoms with Crippen LogP contribution in [0.2, 0.25) is 0 Å². The highest BCUT2D eigenvalue weighted by Gasteiger charge is 2.24. The molecule has 1 amide bonds. The first-order valence-electron chi connectivity index (χ1n) is 8.24. The fraction of sp³-hybridized carbons (Fsp3) is 0.444. The molecule has 1 saturated heterocycles. The van der Waals surface area contributed by atoms with Gasteiger partial charge in [0.25, 0.3) is 0 Å². The zero-order valence-corrected chi connectivity index (χ0v) is 13.8. The smallest absolute Gasteiger partial charge is 0.224 e. The molecule has 1 atom stereocenters. The zero-order chi connectivity index (χ0) is 16.9. The van der Waals surface area contributed by atoms with Crippen molar-refractivity contribution in [2.75, 3.05) is 19.7 Å². The van der Waals surface area contributed by atoms with Gasteiger partial charge in [-0.15, -0.1) is 0 Å². The number of amides is 1. The van der Waals surface area contributed by atoms with Crippen molar-refractivity contribution in [1.82, 2.24) is 14.7 Å². The predicted molar refractivity (Wildman–Crippen MR) is 88.0 cm³/mol. The van der Waals surface area contributed by atoms with Crippen molar-refractivity contribution in [3.05, 3.63) is 53.6 Å². The van der Waals surface area contributed by atoms with Gasteiger partial charge in [-0.05, 0) is 30.7 Å². The third-order valence-corrected chi connectivity index (χ3v) is 4.33. The van der Waals surface area contributed by atoms with Crippen LogP contribution >= 0.6 is 0 Å². The van der Waals surface area contributed by atoms with Crippen molar-refractivity contribution in [3.63, 3.8) is 0 Å². The van der Waals surface area contributed by atoms with E-state index < -0.39 is 0 Å². The van der Waals surface area contributed by atoms with E-state index in [4.69, 9.17) is 4.74 Å². The summed E-state index contributed by atoms with van der Waals surface area (Å²) >= 11 is 0. The van der Waals surface area contributed by atoms with E-state index >= 15 is 0 Å². The third-order valence-electron chi connectivity index (χ3n) is 4.33. The molecule has 1 aromatic carbocycles. The Labute approximate surface area is 141 Å². The summed E-state index contributed by atoms with van der Waals surface area (Å²) in [6.07, 6.45) is 2.82. The summed E-state index contributed by atoms with van der Waals surface area (Å²) in [5.74, 6) is -0.119. The summed E-state index contributed by atoms with van der Waals surface area (Å²) in [7, 11) is 0. The highest BCUT2D eigenvalue weighted by Crippen LogP contribution is 2.13. The first-order valence-corrected chi connectivity index (χ1v) is 8.24. The van der Waals surface area contributed by atoms with Gasteiger partial charge in [0.05, 0.1) is 12.7 Å². The van der Waals surface area contributed by atoms with E-state index in [0.717, 1.165) is 11.3 Å². The van der Waals surface area contributed by atoms with E-state index in [1.54, 1.807) is 18.3 Å². The van der Waals surface area contributed by atoms with Crippen molar-refractivity contribution < 1.29 is 13.9 Å². The van der Waals surface area contributed by atoms with Crippen molar-refractivity contribution in [2.24, 2.45) is 0 Å². The van der Waals surface area contributed by atoms with Crippen LogP contribution in [0.3, 0.4) is 0 Å². The van der Waals surface area contributed by atoms with Crippen LogP contribution in [0.5, 0.6) is 0 Å². The standard InChI is InChI=1S/C18H22FN3O2/c1-14-6-8-20-22(14)9-7-18(23)21-10-11-24-17(13-21)12-15-2-4-16(19)5-3-15/h2-6,8,17H,7,9-13H2,1H3. The molecule has 0 spiro atoms. The molecule has 128 valence electrons. The summed E-state index contributed by atoms with van der Waals surface area (Å²) in [6, 6.07) is 8.36. The maximum atomic E-state index is 13.0. The molecule has 0 aliphatic carbocycles. The summed E-state index contributed by atoms with van der Waals surface area (Å²) in [5, 5.41) is 4.20. The molecule has 0 radical (unpaired) electrons. The first kappa shape index (κ1) is 16.6. The number of morpholine rings is 1. The number of nitrogens with zero attached hydrogens (tertiary/aromatic N) is 3. The Morgan fingerprint density at radius 2 is 2.12 bits per heavy atom. The minimum absolute atomic E-state index is 0.0420. The van der Waals surface area contributed by atoms with E-state index in [1.807, 2.05) is 22.6 Å². The fourth-order valence-corrected chi connectivity index (χ4v) is 2.95. The van der Waals surface area contributed by atoms with Gasteiger partial charge in [-0.1, -0.05) is 12.1 Å². The number of carbonyl (C=O) groups is 1. The van der Waals surface area contributed by atoms with E-state index in [2.05, 4.69) is 5.10 Å². The lowest BCUT2D eigenvalue weighted by atomic mass is 10.1. The van der Waals surface area contributed by atoms with Crippen molar-refractivity contribution in [1.29, 1.82) is 0 Å². The average Bonchev–Trinajstić information content (AvgIpc) is 3.00. The monoisotopic (exact) mass is 331 g/mol. The molecular formula is C18H22FN3O2. The fourth-order valence-electron chi connectivity index (χ4n) is 2.95. The normalized spacial score (nSPS) is 17.9. The largest absolute Gasteiger partial charge is 0.374 e. The van der Waals surface area contributed by atoms with Crippen LogP contribution in [-0.2, 0) is 22.5 Å². The van der Waals surface area contributed by atoms with E-state index in [9.17, 15) is 9.18 Å². The van der Waals surface area contributed by atoms with E-state index in [-0.39, 0.29) is 17.8 Å². The lowest BCUT2D eigenvalue weighted by molar-refractivity contribution is -0.139. The molecule has 2 aromatic rings. The molecule has 3 rings (SSSR count). The highest BCUT2D eigenvalue weighted by molar-refractivity contribution is 5.76. The molecule has 1 fully saturated rings. The molecule has 2 heterocycles. The molecule has 1 unspecified atom stereocenters. The average molecular weight is 331 g/mol. The summed E-state index contributed by atoms with van der Waals surface area (Å²) in [4.78, 5) is 14.3. The van der Waals surface area contributed by atoms with Gasteiger partial charge in [0, 0.05) is 44.4 Å². The minimum Gasteiger partial charge on any atom is -0.374 e. The summed E-state index contributed by atoms with van der Waals surface area (Å²) < 4.78 is 20.6. The Kier molecular flexibility index (Phi) is 5.25. The van der Waals surface area contributed by atoms with Gasteiger partial charge < -0.3 is 9.64 Å². The molecule has 1 aromatic heterocycles. The number of rotatable bonds is 5. The van der Waals surface area contributed by atoms with Crippen LogP contribution in [0.25, 0.3) is 0 Å². The van der Waals surface area contributed by atoms with Gasteiger partial charge >= 0.3 is 0 Å². The minimum atomic E-state index is -0.242. The number of hydrogen-bond donors (Lipinski definition) is 0. The van der Waals surface area contributed by atoms with Crippen molar-refractivity contribution in [3.8, 4) is 0 Å². The van der Waals surface area contributed by atoms with E-state index in [1.165, 1.54) is 12.1 Å². The number of halogens is 1. The Morgan fingerprint density at radius 3 is 2.83 bits per heavy atom. The molecule has 0 saturated carbocycles. The maximum Gasteiger partial charge on any atom is 0.224 e. The Bertz CT molecular complexity index is 684. The second kappa shape index (κ2) is 7.57. The topological polar surface area (TPSA) is 47.4 Å². The molecule has 0 bridgehead atoms. The molecule has 1 aliphatic rings. The van der Waals surface area contributed by atoms with Crippen LogP contribution in [0.1, 0.15) is 17.7 Å². The molecule has 5 nitrogen and oxygen atoms in total. The van der Waals surface area contributed by atoms with Crippen LogP contribution in [0.4, 0.5) is 4.39 Å². The van der Waals surface area contributed by atoms with Crippen molar-refractivity contribution >= 4 is 5.91 Å². The maximum absolute atomic E-state index is 13.0. The lowest BCUT2D eigenvalue weighted by Crippen LogP contribution is -2.46. The lowest BCUT2D eigenvalue weighted by Gasteiger charge is -2.33. The van der Waals surface area contributed by atoms with Crippen LogP contribution in [0, 0.1) is 12.7 Å². The van der Waals surface area contributed by atoms with Gasteiger partial charge in [0.2, 0.25) is 5.91 Å². The van der Waals surface area contributed by atoms with Crippen LogP contribution < -0.4 is 0 Å². The Balaban J connectivity index is 1.51. The number of ether oxygens (including phenoxy) is 1. The van der Waals surface area contributed by atoms with Gasteiger partial charge in [-0.2, -0.15) is 5.10 Å². The number of aryl methyl sites for hydroxylation is 2. The molecular weight excluding hydrogens is 309 g/mol. The Hall–Kier alpha value is -2.21. The van der Waals surface area contributed by atoms with E-state index in [0.29, 0.717) is 39.1 Å². The van der Waals surface area contributed by atoms with Gasteiger partial charge in [0.15, 0.2) is 0 Å². The molecule has 1 aliphatic heterocycles. The number of hydrogen-bond acceptors (Lipinski definition) is 3. The molecule has 0 N–H and O–H groups in total. The van der Waals surface area contributed by atoms with Gasteiger partial charge in [-0.3, -0.25) is 9.48 Å². The zero-order valence-electron chi connectivity index (χ0n) is 13.8. The third kappa shape index (κ3) is 4.20. The first-order chi connectivity index (χ1) is 11.6. The summed E-state index contributed by atoms with van der Waals surface area (Å²) in [6.45, 7) is 4.31. The SMILES string of the molecule is Cc1ccnn1CCC(=O)N1CCOC(Cc2ccc(F)cc2)C1. The number of benzene rings is 1. The van der Waals surface area contributed by atoms with Crippen LogP contribution in [-0.4, -0.2) is 46.4 Å². The highest BCUT2D eigenvalue weighted by atomic mass is 19.1. The second-order valence-electron chi connectivity index (χ2n) is 6.11. The quantitative estimate of drug-likeness (QED) is 0.844. The second-order valence-corrected chi connectivity index (χ2v) is 6.11. The Morgan fingerprint density at radius 1 is 1.33 bits per heavy atom. The van der Waals surface area contributed by atoms with Gasteiger partial charge in [-0.25, -0.2) is 4.39 Å². The van der Waals surface area contributed by atoms with Gasteiger partial charge in [0.1, 0.15) is 5.82 Å². The number of carbonyl (C=O) groups excluding carboxylic acids is 1. The predicted octanol–water partition coefficient (Wildman–Crippen LogP) is 2.19. The molecule has 24 heavy (non-hydrogen) atoms. The molecule has 6 heteroatoms. The number of aromatic nitrogens is 2.